The molecule has 0 aliphatic heterocycles. The van der Waals surface area contributed by atoms with E-state index in [1.165, 1.54) is 32.8 Å². The Balaban J connectivity index is 0.00000484. The van der Waals surface area contributed by atoms with E-state index in [0.29, 0.717) is 11.8 Å². The van der Waals surface area contributed by atoms with Crippen LogP contribution in [0.3, 0.4) is 0 Å². The van der Waals surface area contributed by atoms with Crippen LogP contribution < -0.4 is 10.6 Å². The standard InChI is InChI=1S/C17H33N3O2.HI/c1-4-17(11-9-12-17)14-20-16(18-2)19-13-8-6-5-7-10-15(21)22-3;/h4-14H2,1-3H3,(H2,18,19,20);1H. The zero-order valence-corrected chi connectivity index (χ0v) is 17.3. The minimum absolute atomic E-state index is 0. The molecule has 1 fully saturated rings. The Morgan fingerprint density at radius 1 is 1.17 bits per heavy atom. The third kappa shape index (κ3) is 8.77. The van der Waals surface area contributed by atoms with Crippen LogP contribution in [0.2, 0.25) is 0 Å². The maximum absolute atomic E-state index is 11.0. The second-order valence-corrected chi connectivity index (χ2v) is 6.30. The van der Waals surface area contributed by atoms with Crippen LogP contribution in [0.15, 0.2) is 4.99 Å². The van der Waals surface area contributed by atoms with Crippen molar-refractivity contribution >= 4 is 35.9 Å². The molecule has 5 nitrogen and oxygen atoms in total. The molecule has 0 amide bonds. The summed E-state index contributed by atoms with van der Waals surface area (Å²) in [4.78, 5) is 15.3. The lowest BCUT2D eigenvalue weighted by molar-refractivity contribution is -0.140. The molecule has 1 rings (SSSR count). The summed E-state index contributed by atoms with van der Waals surface area (Å²) in [5, 5.41) is 6.84. The molecule has 0 aromatic heterocycles. The van der Waals surface area contributed by atoms with E-state index >= 15 is 0 Å². The molecular weight excluding hydrogens is 405 g/mol. The molecule has 1 aliphatic rings. The Morgan fingerprint density at radius 3 is 2.39 bits per heavy atom. The van der Waals surface area contributed by atoms with Crippen molar-refractivity contribution < 1.29 is 9.53 Å². The van der Waals surface area contributed by atoms with E-state index in [1.807, 2.05) is 7.05 Å². The Hall–Kier alpha value is -0.530. The number of carbonyl (C=O) groups excluding carboxylic acids is 1. The largest absolute Gasteiger partial charge is 0.469 e. The number of carbonyl (C=O) groups is 1. The molecule has 0 aromatic rings. The molecule has 23 heavy (non-hydrogen) atoms. The maximum atomic E-state index is 11.0. The number of nitrogens with zero attached hydrogens (tertiary/aromatic N) is 1. The van der Waals surface area contributed by atoms with Gasteiger partial charge in [0.15, 0.2) is 5.96 Å². The van der Waals surface area contributed by atoms with Crippen molar-refractivity contribution in [2.45, 2.75) is 64.7 Å². The molecule has 0 spiro atoms. The highest BCUT2D eigenvalue weighted by molar-refractivity contribution is 14.0. The van der Waals surface area contributed by atoms with Gasteiger partial charge in [0.25, 0.3) is 0 Å². The summed E-state index contributed by atoms with van der Waals surface area (Å²) < 4.78 is 4.63. The zero-order valence-electron chi connectivity index (χ0n) is 15.0. The van der Waals surface area contributed by atoms with Gasteiger partial charge in [-0.25, -0.2) is 0 Å². The van der Waals surface area contributed by atoms with Gasteiger partial charge in [-0.2, -0.15) is 0 Å². The topological polar surface area (TPSA) is 62.7 Å². The number of halogens is 1. The van der Waals surface area contributed by atoms with E-state index in [-0.39, 0.29) is 29.9 Å². The highest BCUT2D eigenvalue weighted by atomic mass is 127. The normalized spacial score (nSPS) is 16.0. The first-order valence-corrected chi connectivity index (χ1v) is 8.67. The molecule has 0 saturated heterocycles. The molecule has 6 heteroatoms. The van der Waals surface area contributed by atoms with Gasteiger partial charge in [-0.1, -0.05) is 26.2 Å². The lowest BCUT2D eigenvalue weighted by Crippen LogP contribution is -2.46. The number of esters is 1. The minimum Gasteiger partial charge on any atom is -0.469 e. The molecule has 0 aromatic carbocycles. The van der Waals surface area contributed by atoms with Crippen molar-refractivity contribution in [1.29, 1.82) is 0 Å². The van der Waals surface area contributed by atoms with Crippen molar-refractivity contribution in [2.24, 2.45) is 10.4 Å². The molecule has 0 bridgehead atoms. The summed E-state index contributed by atoms with van der Waals surface area (Å²) in [6.07, 6.45) is 10.0. The zero-order chi connectivity index (χ0) is 16.3. The number of rotatable bonds is 10. The third-order valence-corrected chi connectivity index (χ3v) is 4.85. The lowest BCUT2D eigenvalue weighted by Gasteiger charge is -2.41. The van der Waals surface area contributed by atoms with Gasteiger partial charge in [0.1, 0.15) is 0 Å². The van der Waals surface area contributed by atoms with Crippen molar-refractivity contribution in [3.05, 3.63) is 0 Å². The number of nitrogens with one attached hydrogen (secondary N) is 2. The number of hydrogen-bond acceptors (Lipinski definition) is 3. The van der Waals surface area contributed by atoms with Crippen LogP contribution in [0.1, 0.15) is 64.7 Å². The highest BCUT2D eigenvalue weighted by Crippen LogP contribution is 2.42. The van der Waals surface area contributed by atoms with Gasteiger partial charge in [-0.05, 0) is 37.5 Å². The van der Waals surface area contributed by atoms with Crippen molar-refractivity contribution in [2.75, 3.05) is 27.2 Å². The fourth-order valence-corrected chi connectivity index (χ4v) is 2.88. The van der Waals surface area contributed by atoms with Crippen LogP contribution in [-0.4, -0.2) is 39.2 Å². The number of hydrogen-bond donors (Lipinski definition) is 2. The average Bonchev–Trinajstić information content (AvgIpc) is 2.50. The summed E-state index contributed by atoms with van der Waals surface area (Å²) in [7, 11) is 3.27. The van der Waals surface area contributed by atoms with Gasteiger partial charge in [-0.3, -0.25) is 9.79 Å². The Kier molecular flexibility index (Phi) is 12.5. The lowest BCUT2D eigenvalue weighted by atomic mass is 9.67. The molecule has 136 valence electrons. The highest BCUT2D eigenvalue weighted by Gasteiger charge is 2.34. The maximum Gasteiger partial charge on any atom is 0.305 e. The summed E-state index contributed by atoms with van der Waals surface area (Å²) in [6, 6.07) is 0. The number of ether oxygens (including phenoxy) is 1. The first-order valence-electron chi connectivity index (χ1n) is 8.67. The summed E-state index contributed by atoms with van der Waals surface area (Å²) >= 11 is 0. The SMILES string of the molecule is CCC1(CNC(=NC)NCCCCCCC(=O)OC)CCC1.I. The van der Waals surface area contributed by atoms with E-state index in [0.717, 1.165) is 44.7 Å². The first-order chi connectivity index (χ1) is 10.7. The van der Waals surface area contributed by atoms with Crippen LogP contribution >= 0.6 is 24.0 Å². The summed E-state index contributed by atoms with van der Waals surface area (Å²) in [5.41, 5.74) is 0.505. The van der Waals surface area contributed by atoms with Crippen molar-refractivity contribution in [1.82, 2.24) is 10.6 Å². The first kappa shape index (κ1) is 22.5. The van der Waals surface area contributed by atoms with Crippen molar-refractivity contribution in [3.8, 4) is 0 Å². The Labute approximate surface area is 158 Å². The van der Waals surface area contributed by atoms with Crippen LogP contribution in [0, 0.1) is 5.41 Å². The fourth-order valence-electron chi connectivity index (χ4n) is 2.88. The van der Waals surface area contributed by atoms with Gasteiger partial charge >= 0.3 is 5.97 Å². The molecule has 0 radical (unpaired) electrons. The van der Waals surface area contributed by atoms with E-state index in [4.69, 9.17) is 0 Å². The Morgan fingerprint density at radius 2 is 1.87 bits per heavy atom. The van der Waals surface area contributed by atoms with Crippen LogP contribution in [-0.2, 0) is 9.53 Å². The predicted molar refractivity (Wildman–Crippen MR) is 106 cm³/mol. The number of aliphatic imine (C=N–C) groups is 1. The van der Waals surface area contributed by atoms with Crippen LogP contribution in [0.25, 0.3) is 0 Å². The molecule has 1 saturated carbocycles. The molecule has 0 atom stereocenters. The predicted octanol–water partition coefficient (Wildman–Crippen LogP) is 3.47. The monoisotopic (exact) mass is 439 g/mol. The Bertz CT molecular complexity index is 352. The molecule has 2 N–H and O–H groups in total. The van der Waals surface area contributed by atoms with Gasteiger partial charge in [0.05, 0.1) is 7.11 Å². The van der Waals surface area contributed by atoms with Crippen molar-refractivity contribution in [3.63, 3.8) is 0 Å². The molecule has 1 aliphatic carbocycles. The van der Waals surface area contributed by atoms with Gasteiger partial charge in [-0.15, -0.1) is 24.0 Å². The quantitative estimate of drug-likeness (QED) is 0.180. The summed E-state index contributed by atoms with van der Waals surface area (Å²) in [5.74, 6) is 0.804. The van der Waals surface area contributed by atoms with E-state index in [1.54, 1.807) is 0 Å². The minimum atomic E-state index is -0.108. The average molecular weight is 439 g/mol. The van der Waals surface area contributed by atoms with Crippen LogP contribution in [0.4, 0.5) is 0 Å². The fraction of sp³-hybridized carbons (Fsp3) is 0.882. The number of unbranched alkanes of at least 4 members (excludes halogenated alkanes) is 3. The number of guanidine groups is 1. The number of methoxy groups -OCH3 is 1. The van der Waals surface area contributed by atoms with Crippen LogP contribution in [0.5, 0.6) is 0 Å². The molecular formula is C17H34IN3O2. The summed E-state index contributed by atoms with van der Waals surface area (Å²) in [6.45, 7) is 4.24. The molecule has 0 unspecified atom stereocenters. The van der Waals surface area contributed by atoms with Gasteiger partial charge < -0.3 is 15.4 Å². The van der Waals surface area contributed by atoms with E-state index in [2.05, 4.69) is 27.3 Å². The van der Waals surface area contributed by atoms with Gasteiger partial charge in [0, 0.05) is 26.6 Å². The van der Waals surface area contributed by atoms with Gasteiger partial charge in [0.2, 0.25) is 0 Å². The smallest absolute Gasteiger partial charge is 0.305 e. The second-order valence-electron chi connectivity index (χ2n) is 6.30. The second kappa shape index (κ2) is 12.8. The van der Waals surface area contributed by atoms with E-state index < -0.39 is 0 Å². The molecule has 0 heterocycles. The van der Waals surface area contributed by atoms with E-state index in [9.17, 15) is 4.79 Å². The third-order valence-electron chi connectivity index (χ3n) is 4.85.